The third-order valence-corrected chi connectivity index (χ3v) is 3.44. The predicted octanol–water partition coefficient (Wildman–Crippen LogP) is 1.08. The first-order chi connectivity index (χ1) is 9.24. The van der Waals surface area contributed by atoms with Crippen LogP contribution in [0, 0.1) is 0 Å². The van der Waals surface area contributed by atoms with Gasteiger partial charge in [0.2, 0.25) is 5.91 Å². The highest BCUT2D eigenvalue weighted by Gasteiger charge is 2.19. The van der Waals surface area contributed by atoms with Crippen LogP contribution in [0.25, 0.3) is 0 Å². The lowest BCUT2D eigenvalue weighted by atomic mass is 10.2. The highest BCUT2D eigenvalue weighted by Crippen LogP contribution is 2.17. The molecule has 0 aromatic heterocycles. The van der Waals surface area contributed by atoms with Crippen molar-refractivity contribution in [3.8, 4) is 0 Å². The fourth-order valence-electron chi connectivity index (χ4n) is 2.23. The summed E-state index contributed by atoms with van der Waals surface area (Å²) in [6, 6.07) is 0.272. The quantitative estimate of drug-likeness (QED) is 0.584. The first kappa shape index (κ1) is 16.4. The summed E-state index contributed by atoms with van der Waals surface area (Å²) in [6.07, 6.45) is 5.65. The van der Waals surface area contributed by atoms with Crippen molar-refractivity contribution in [2.75, 3.05) is 33.5 Å². The highest BCUT2D eigenvalue weighted by molar-refractivity contribution is 5.81. The summed E-state index contributed by atoms with van der Waals surface area (Å²) in [5.41, 5.74) is 0. The summed E-state index contributed by atoms with van der Waals surface area (Å²) in [6.45, 7) is 4.68. The number of ether oxygens (including phenoxy) is 2. The van der Waals surface area contributed by atoms with Crippen LogP contribution >= 0.6 is 0 Å². The molecule has 0 spiro atoms. The monoisotopic (exact) mass is 272 g/mol. The number of carbonyl (C=O) groups is 1. The van der Waals surface area contributed by atoms with Crippen LogP contribution in [-0.4, -0.2) is 51.5 Å². The highest BCUT2D eigenvalue weighted by atomic mass is 16.5. The van der Waals surface area contributed by atoms with Gasteiger partial charge in [-0.25, -0.2) is 0 Å². The zero-order valence-electron chi connectivity index (χ0n) is 12.2. The molecule has 0 bridgehead atoms. The minimum absolute atomic E-state index is 0.118. The molecule has 1 fully saturated rings. The summed E-state index contributed by atoms with van der Waals surface area (Å²) in [7, 11) is 1.66. The average Bonchev–Trinajstić information content (AvgIpc) is 2.90. The lowest BCUT2D eigenvalue weighted by Crippen LogP contribution is -2.45. The Morgan fingerprint density at radius 3 is 2.68 bits per heavy atom. The number of carbonyl (C=O) groups excluding carboxylic acids is 1. The van der Waals surface area contributed by atoms with E-state index in [0.29, 0.717) is 25.9 Å². The molecule has 1 unspecified atom stereocenters. The minimum atomic E-state index is -0.125. The first-order valence-corrected chi connectivity index (χ1v) is 7.34. The molecule has 1 rings (SSSR count). The maximum Gasteiger partial charge on any atom is 0.237 e. The smallest absolute Gasteiger partial charge is 0.237 e. The molecule has 0 aliphatic heterocycles. The van der Waals surface area contributed by atoms with Crippen molar-refractivity contribution >= 4 is 5.91 Å². The number of methoxy groups -OCH3 is 1. The molecule has 5 heteroatoms. The Morgan fingerprint density at radius 2 is 2.00 bits per heavy atom. The van der Waals surface area contributed by atoms with Crippen molar-refractivity contribution in [3.05, 3.63) is 0 Å². The van der Waals surface area contributed by atoms with E-state index in [-0.39, 0.29) is 11.9 Å². The molecule has 1 atom stereocenters. The van der Waals surface area contributed by atoms with E-state index in [2.05, 4.69) is 10.6 Å². The van der Waals surface area contributed by atoms with Crippen LogP contribution in [0.4, 0.5) is 0 Å². The van der Waals surface area contributed by atoms with Crippen LogP contribution < -0.4 is 10.6 Å². The molecule has 5 nitrogen and oxygen atoms in total. The second kappa shape index (κ2) is 10.2. The van der Waals surface area contributed by atoms with Crippen LogP contribution in [-0.2, 0) is 14.3 Å². The Labute approximate surface area is 116 Å². The van der Waals surface area contributed by atoms with E-state index >= 15 is 0 Å². The van der Waals surface area contributed by atoms with Crippen molar-refractivity contribution < 1.29 is 14.3 Å². The Kier molecular flexibility index (Phi) is 8.79. The Balaban J connectivity index is 1.97. The van der Waals surface area contributed by atoms with Gasteiger partial charge < -0.3 is 20.1 Å². The van der Waals surface area contributed by atoms with E-state index < -0.39 is 0 Å². The average molecular weight is 272 g/mol. The topological polar surface area (TPSA) is 59.6 Å². The molecule has 1 aliphatic rings. The molecular formula is C14H28N2O3. The molecule has 1 aliphatic carbocycles. The summed E-state index contributed by atoms with van der Waals surface area (Å²) in [4.78, 5) is 11.9. The van der Waals surface area contributed by atoms with Crippen molar-refractivity contribution in [2.45, 2.75) is 51.1 Å². The molecule has 1 amide bonds. The Morgan fingerprint density at radius 1 is 1.26 bits per heavy atom. The maximum atomic E-state index is 11.9. The van der Waals surface area contributed by atoms with Gasteiger partial charge in [-0.15, -0.1) is 0 Å². The molecule has 0 aromatic carbocycles. The second-order valence-electron chi connectivity index (χ2n) is 5.12. The molecule has 19 heavy (non-hydrogen) atoms. The van der Waals surface area contributed by atoms with E-state index in [0.717, 1.165) is 25.8 Å². The molecule has 0 aromatic rings. The third-order valence-electron chi connectivity index (χ3n) is 3.44. The fraction of sp³-hybridized carbons (Fsp3) is 0.929. The fourth-order valence-corrected chi connectivity index (χ4v) is 2.23. The van der Waals surface area contributed by atoms with Crippen molar-refractivity contribution in [2.24, 2.45) is 0 Å². The number of hydrogen-bond donors (Lipinski definition) is 2. The van der Waals surface area contributed by atoms with E-state index in [1.54, 1.807) is 7.11 Å². The first-order valence-electron chi connectivity index (χ1n) is 7.34. The summed E-state index contributed by atoms with van der Waals surface area (Å²) >= 11 is 0. The number of amides is 1. The lowest BCUT2D eigenvalue weighted by Gasteiger charge is -2.17. The molecule has 0 saturated heterocycles. The summed E-state index contributed by atoms with van der Waals surface area (Å²) in [5, 5.41) is 6.32. The van der Waals surface area contributed by atoms with E-state index in [1.807, 2.05) is 6.92 Å². The van der Waals surface area contributed by atoms with Crippen LogP contribution in [0.1, 0.15) is 39.0 Å². The number of nitrogens with one attached hydrogen (secondary N) is 2. The summed E-state index contributed by atoms with van der Waals surface area (Å²) < 4.78 is 10.2. The van der Waals surface area contributed by atoms with Crippen LogP contribution in [0.5, 0.6) is 0 Å². The Hall–Kier alpha value is -0.650. The third kappa shape index (κ3) is 7.50. The predicted molar refractivity (Wildman–Crippen MR) is 75.2 cm³/mol. The van der Waals surface area contributed by atoms with Crippen molar-refractivity contribution in [1.29, 1.82) is 0 Å². The van der Waals surface area contributed by atoms with Gasteiger partial charge in [0.05, 0.1) is 19.3 Å². The van der Waals surface area contributed by atoms with Gasteiger partial charge in [-0.05, 0) is 32.7 Å². The largest absolute Gasteiger partial charge is 0.382 e. The van der Waals surface area contributed by atoms with E-state index in [1.165, 1.54) is 12.8 Å². The van der Waals surface area contributed by atoms with Gasteiger partial charge in [0.25, 0.3) is 0 Å². The number of rotatable bonds is 10. The van der Waals surface area contributed by atoms with Gasteiger partial charge in [0, 0.05) is 19.8 Å². The lowest BCUT2D eigenvalue weighted by molar-refractivity contribution is -0.123. The molecular weight excluding hydrogens is 244 g/mol. The zero-order valence-corrected chi connectivity index (χ0v) is 12.2. The molecule has 2 N–H and O–H groups in total. The minimum Gasteiger partial charge on any atom is -0.382 e. The van der Waals surface area contributed by atoms with Gasteiger partial charge in [0.15, 0.2) is 0 Å². The maximum absolute atomic E-state index is 11.9. The number of hydrogen-bond acceptors (Lipinski definition) is 4. The summed E-state index contributed by atoms with van der Waals surface area (Å²) in [5.74, 6) is 0.118. The van der Waals surface area contributed by atoms with Crippen LogP contribution in [0.15, 0.2) is 0 Å². The van der Waals surface area contributed by atoms with Gasteiger partial charge in [0.1, 0.15) is 0 Å². The van der Waals surface area contributed by atoms with E-state index in [4.69, 9.17) is 9.47 Å². The molecule has 0 radical (unpaired) electrons. The van der Waals surface area contributed by atoms with Crippen molar-refractivity contribution in [1.82, 2.24) is 10.6 Å². The zero-order chi connectivity index (χ0) is 13.9. The molecule has 0 heterocycles. The van der Waals surface area contributed by atoms with Gasteiger partial charge >= 0.3 is 0 Å². The van der Waals surface area contributed by atoms with Gasteiger partial charge in [-0.1, -0.05) is 12.8 Å². The van der Waals surface area contributed by atoms with Gasteiger partial charge in [-0.2, -0.15) is 0 Å². The van der Waals surface area contributed by atoms with Crippen LogP contribution in [0.2, 0.25) is 0 Å². The van der Waals surface area contributed by atoms with E-state index in [9.17, 15) is 4.79 Å². The van der Waals surface area contributed by atoms with Crippen molar-refractivity contribution in [3.63, 3.8) is 0 Å². The molecule has 1 saturated carbocycles. The second-order valence-corrected chi connectivity index (χ2v) is 5.12. The van der Waals surface area contributed by atoms with Gasteiger partial charge in [-0.3, -0.25) is 4.79 Å². The normalized spacial score (nSPS) is 17.6. The SMILES string of the molecule is COCCOCCCNC(C)C(=O)NC1CCCC1. The Bertz CT molecular complexity index is 243. The molecule has 112 valence electrons. The van der Waals surface area contributed by atoms with Crippen LogP contribution in [0.3, 0.4) is 0 Å². The standard InChI is InChI=1S/C14H28N2O3/c1-12(14(17)16-13-6-3-4-7-13)15-8-5-9-19-11-10-18-2/h12-13,15H,3-11H2,1-2H3,(H,16,17).